The van der Waals surface area contributed by atoms with Gasteiger partial charge in [0, 0.05) is 0 Å². The molecule has 1 N–H and O–H groups in total. The van der Waals surface area contributed by atoms with Gasteiger partial charge in [-0.25, -0.2) is 9.69 Å². The van der Waals surface area contributed by atoms with Crippen molar-refractivity contribution in [3.05, 3.63) is 106 Å². The summed E-state index contributed by atoms with van der Waals surface area (Å²) in [7, 11) is 1.52. The molecule has 176 valence electrons. The van der Waals surface area contributed by atoms with Crippen LogP contribution in [0.25, 0.3) is 6.08 Å². The largest absolute Gasteiger partial charge is 0.497 e. The Kier molecular flexibility index (Phi) is 6.93. The summed E-state index contributed by atoms with van der Waals surface area (Å²) in [5.41, 5.74) is 0.974. The molecule has 3 aromatic carbocycles. The van der Waals surface area contributed by atoms with E-state index in [0.29, 0.717) is 11.3 Å². The zero-order valence-electron chi connectivity index (χ0n) is 18.5. The summed E-state index contributed by atoms with van der Waals surface area (Å²) in [6, 6.07) is 19.4. The minimum atomic E-state index is -0.947. The summed E-state index contributed by atoms with van der Waals surface area (Å²) < 4.78 is 10.4. The number of imide groups is 1. The fourth-order valence-corrected chi connectivity index (χ4v) is 3.63. The molecule has 0 fully saturated rings. The number of esters is 1. The van der Waals surface area contributed by atoms with Crippen molar-refractivity contribution in [2.75, 3.05) is 13.8 Å². The van der Waals surface area contributed by atoms with E-state index in [1.165, 1.54) is 31.4 Å². The maximum Gasteiger partial charge on any atom is 0.356 e. The fraction of sp³-hybridized carbons (Fsp3) is 0.0769. The Labute approximate surface area is 205 Å². The lowest BCUT2D eigenvalue weighted by atomic mass is 10.1. The Balaban J connectivity index is 1.55. The van der Waals surface area contributed by atoms with Crippen molar-refractivity contribution in [2.24, 2.45) is 0 Å². The number of nitrogens with zero attached hydrogens (tertiary/aromatic N) is 1. The Morgan fingerprint density at radius 2 is 1.51 bits per heavy atom. The molecule has 1 aliphatic heterocycles. The number of fused-ring (bicyclic) bond motifs is 1. The first-order valence-corrected chi connectivity index (χ1v) is 10.8. The van der Waals surface area contributed by atoms with Crippen molar-refractivity contribution in [3.8, 4) is 5.75 Å². The molecule has 4 rings (SSSR count). The lowest BCUT2D eigenvalue weighted by Crippen LogP contribution is -2.35. The van der Waals surface area contributed by atoms with Crippen molar-refractivity contribution >= 4 is 41.4 Å². The highest BCUT2D eigenvalue weighted by Crippen LogP contribution is 2.23. The van der Waals surface area contributed by atoms with E-state index >= 15 is 0 Å². The highest BCUT2D eigenvalue weighted by atomic mass is 35.5. The topological polar surface area (TPSA) is 102 Å². The van der Waals surface area contributed by atoms with Crippen LogP contribution >= 0.6 is 11.6 Å². The van der Waals surface area contributed by atoms with Crippen LogP contribution in [0.3, 0.4) is 0 Å². The number of hydrogen-bond donors (Lipinski definition) is 1. The Bertz CT molecular complexity index is 1310. The SMILES string of the molecule is COc1ccc(/C=C(\NC(=O)c2ccccc2Cl)C(=O)OCN2C(=O)c3ccccc3C2=O)cc1. The number of carbonyl (C=O) groups is 4. The Hall–Kier alpha value is -4.43. The number of halogens is 1. The third-order valence-electron chi connectivity index (χ3n) is 5.22. The predicted molar refractivity (Wildman–Crippen MR) is 128 cm³/mol. The second-order valence-electron chi connectivity index (χ2n) is 7.41. The molecule has 0 saturated heterocycles. The molecule has 3 aromatic rings. The molecule has 35 heavy (non-hydrogen) atoms. The van der Waals surface area contributed by atoms with E-state index in [0.717, 1.165) is 4.90 Å². The van der Waals surface area contributed by atoms with E-state index in [1.807, 2.05) is 0 Å². The van der Waals surface area contributed by atoms with Crippen LogP contribution in [0.2, 0.25) is 5.02 Å². The van der Waals surface area contributed by atoms with Gasteiger partial charge in [0.2, 0.25) is 0 Å². The van der Waals surface area contributed by atoms with Crippen molar-refractivity contribution in [1.29, 1.82) is 0 Å². The van der Waals surface area contributed by atoms with Crippen molar-refractivity contribution in [3.63, 3.8) is 0 Å². The first-order chi connectivity index (χ1) is 16.9. The minimum Gasteiger partial charge on any atom is -0.497 e. The van der Waals surface area contributed by atoms with E-state index in [2.05, 4.69) is 5.32 Å². The molecule has 1 heterocycles. The van der Waals surface area contributed by atoms with Gasteiger partial charge in [0.05, 0.1) is 28.8 Å². The van der Waals surface area contributed by atoms with E-state index in [4.69, 9.17) is 21.1 Å². The molecule has 8 nitrogen and oxygen atoms in total. The Morgan fingerprint density at radius 3 is 2.11 bits per heavy atom. The van der Waals surface area contributed by atoms with Gasteiger partial charge in [0.1, 0.15) is 11.4 Å². The highest BCUT2D eigenvalue weighted by molar-refractivity contribution is 6.34. The van der Waals surface area contributed by atoms with Gasteiger partial charge in [0.15, 0.2) is 6.73 Å². The van der Waals surface area contributed by atoms with Crippen molar-refractivity contribution < 1.29 is 28.7 Å². The highest BCUT2D eigenvalue weighted by Gasteiger charge is 2.36. The quantitative estimate of drug-likeness (QED) is 0.306. The number of ether oxygens (including phenoxy) is 2. The number of carbonyl (C=O) groups excluding carboxylic acids is 4. The molecule has 0 unspecified atom stereocenters. The van der Waals surface area contributed by atoms with Crippen LogP contribution in [-0.2, 0) is 9.53 Å². The van der Waals surface area contributed by atoms with Gasteiger partial charge in [-0.2, -0.15) is 0 Å². The lowest BCUT2D eigenvalue weighted by molar-refractivity contribution is -0.141. The van der Waals surface area contributed by atoms with Gasteiger partial charge in [-0.05, 0) is 48.0 Å². The van der Waals surface area contributed by atoms with Crippen molar-refractivity contribution in [2.45, 2.75) is 0 Å². The zero-order chi connectivity index (χ0) is 24.9. The molecule has 0 atom stereocenters. The van der Waals surface area contributed by atoms with E-state index in [-0.39, 0.29) is 27.4 Å². The van der Waals surface area contributed by atoms with Crippen LogP contribution in [0.15, 0.2) is 78.5 Å². The second kappa shape index (κ2) is 10.2. The van der Waals surface area contributed by atoms with Gasteiger partial charge >= 0.3 is 5.97 Å². The molecule has 0 bridgehead atoms. The van der Waals surface area contributed by atoms with Gasteiger partial charge in [-0.3, -0.25) is 14.4 Å². The summed E-state index contributed by atoms with van der Waals surface area (Å²) >= 11 is 6.11. The molecule has 0 aromatic heterocycles. The van der Waals surface area contributed by atoms with Crippen LogP contribution < -0.4 is 10.1 Å². The van der Waals surface area contributed by atoms with Crippen LogP contribution in [0, 0.1) is 0 Å². The first-order valence-electron chi connectivity index (χ1n) is 10.4. The smallest absolute Gasteiger partial charge is 0.356 e. The molecule has 0 aliphatic carbocycles. The third-order valence-corrected chi connectivity index (χ3v) is 5.55. The summed E-state index contributed by atoms with van der Waals surface area (Å²) in [5.74, 6) is -2.11. The third kappa shape index (κ3) is 5.07. The van der Waals surface area contributed by atoms with Crippen LogP contribution in [-0.4, -0.2) is 42.4 Å². The predicted octanol–water partition coefficient (Wildman–Crippen LogP) is 3.92. The lowest BCUT2D eigenvalue weighted by Gasteiger charge is -2.16. The molecule has 3 amide bonds. The molecular formula is C26H19ClN2O6. The number of nitrogens with one attached hydrogen (secondary N) is 1. The molecule has 1 aliphatic rings. The monoisotopic (exact) mass is 490 g/mol. The summed E-state index contributed by atoms with van der Waals surface area (Å²) in [6.45, 7) is -0.618. The molecule has 9 heteroatoms. The van der Waals surface area contributed by atoms with E-state index in [1.54, 1.807) is 54.6 Å². The number of methoxy groups -OCH3 is 1. The zero-order valence-corrected chi connectivity index (χ0v) is 19.2. The number of hydrogen-bond acceptors (Lipinski definition) is 6. The normalized spacial score (nSPS) is 12.9. The van der Waals surface area contributed by atoms with E-state index < -0.39 is 30.4 Å². The molecule has 0 radical (unpaired) electrons. The van der Waals surface area contributed by atoms with Crippen LogP contribution in [0.5, 0.6) is 5.75 Å². The Morgan fingerprint density at radius 1 is 0.914 bits per heavy atom. The molecule has 0 spiro atoms. The summed E-state index contributed by atoms with van der Waals surface area (Å²) in [5, 5.41) is 2.71. The number of rotatable bonds is 7. The van der Waals surface area contributed by atoms with Crippen LogP contribution in [0.1, 0.15) is 36.6 Å². The average molecular weight is 491 g/mol. The van der Waals surface area contributed by atoms with Crippen molar-refractivity contribution in [1.82, 2.24) is 10.2 Å². The number of amides is 3. The first kappa shape index (κ1) is 23.7. The average Bonchev–Trinajstić information content (AvgIpc) is 3.12. The molecular weight excluding hydrogens is 472 g/mol. The minimum absolute atomic E-state index is 0.156. The van der Waals surface area contributed by atoms with Gasteiger partial charge in [-0.15, -0.1) is 0 Å². The maximum atomic E-state index is 13.0. The number of benzene rings is 3. The summed E-state index contributed by atoms with van der Waals surface area (Å²) in [6.07, 6.45) is 1.40. The van der Waals surface area contributed by atoms with Crippen LogP contribution in [0.4, 0.5) is 0 Å². The molecule has 0 saturated carbocycles. The fourth-order valence-electron chi connectivity index (χ4n) is 3.41. The maximum absolute atomic E-state index is 13.0. The van der Waals surface area contributed by atoms with Gasteiger partial charge in [0.25, 0.3) is 17.7 Å². The van der Waals surface area contributed by atoms with Gasteiger partial charge in [-0.1, -0.05) is 48.0 Å². The second-order valence-corrected chi connectivity index (χ2v) is 7.82. The van der Waals surface area contributed by atoms with Gasteiger partial charge < -0.3 is 14.8 Å². The summed E-state index contributed by atoms with van der Waals surface area (Å²) in [4.78, 5) is 51.7. The van der Waals surface area contributed by atoms with E-state index in [9.17, 15) is 19.2 Å². The standard InChI is InChI=1S/C26H19ClN2O6/c1-34-17-12-10-16(11-13-17)14-22(28-23(30)20-8-4-5-9-21(20)27)26(33)35-15-29-24(31)18-6-2-3-7-19(18)25(29)32/h2-14H,15H2,1H3,(H,28,30)/b22-14-.